The van der Waals surface area contributed by atoms with Crippen LogP contribution in [-0.4, -0.2) is 77.1 Å². The molecule has 0 bridgehead atoms. The van der Waals surface area contributed by atoms with E-state index in [0.29, 0.717) is 12.0 Å². The number of fused-ring (bicyclic) bond motifs is 1. The van der Waals surface area contributed by atoms with E-state index in [4.69, 9.17) is 9.47 Å². The second-order valence-corrected chi connectivity index (χ2v) is 12.6. The molecule has 3 aromatic rings. The molecule has 11 heteroatoms. The summed E-state index contributed by atoms with van der Waals surface area (Å²) in [6.07, 6.45) is 2.55. The highest BCUT2D eigenvalue weighted by Crippen LogP contribution is 2.27. The summed E-state index contributed by atoms with van der Waals surface area (Å²) in [5.74, 6) is -2.58. The summed E-state index contributed by atoms with van der Waals surface area (Å²) in [6, 6.07) is 10.7. The highest BCUT2D eigenvalue weighted by Gasteiger charge is 2.38. The SMILES string of the molecule is CO[C@@H]1C(=O)O[C@H](C)[C@@H](C)C=C(C)C[C@H](C)C(=O)N[C@@H](C)C(=O)N(C)[C@H](Cc2c[nH]c3ccccc23)C(=O)NC1c1ccc(O)cc1. The van der Waals surface area contributed by atoms with Crippen molar-refractivity contribution >= 4 is 34.6 Å². The van der Waals surface area contributed by atoms with Crippen molar-refractivity contribution in [3.8, 4) is 5.75 Å². The summed E-state index contributed by atoms with van der Waals surface area (Å²) in [5, 5.41) is 16.7. The molecule has 0 saturated heterocycles. The van der Waals surface area contributed by atoms with Gasteiger partial charge in [-0.3, -0.25) is 14.4 Å². The van der Waals surface area contributed by atoms with Gasteiger partial charge in [0.15, 0.2) is 6.10 Å². The molecule has 4 rings (SSSR count). The standard InChI is InChI=1S/C36H46N4O7/c1-20-16-21(2)24(5)47-36(45)32(46-7)31(25-12-14-27(41)15-13-25)39-34(43)30(18-26-19-37-29-11-9-8-10-28(26)29)40(6)35(44)23(4)38-33(42)22(3)17-20/h8-16,19,21-24,30-32,37,41H,17-18H2,1-7H3,(H,38,42)(H,39,43)/t21-,22-,23-,24+,30+,31?,32-/m0/s1. The molecule has 252 valence electrons. The number of allylic oxidation sites excluding steroid dienone is 1. The average molecular weight is 647 g/mol. The molecule has 7 atom stereocenters. The molecule has 11 nitrogen and oxygen atoms in total. The molecule has 4 N–H and O–H groups in total. The van der Waals surface area contributed by atoms with Crippen LogP contribution in [0.5, 0.6) is 5.75 Å². The van der Waals surface area contributed by atoms with Crippen molar-refractivity contribution in [3.63, 3.8) is 0 Å². The molecule has 3 amide bonds. The van der Waals surface area contributed by atoms with E-state index in [1.807, 2.05) is 44.2 Å². The molecule has 47 heavy (non-hydrogen) atoms. The van der Waals surface area contributed by atoms with Crippen LogP contribution in [0.1, 0.15) is 58.2 Å². The number of esters is 1. The minimum absolute atomic E-state index is 0.00862. The Morgan fingerprint density at radius 1 is 0.957 bits per heavy atom. The fraction of sp³-hybridized carbons (Fsp3) is 0.444. The van der Waals surface area contributed by atoms with Gasteiger partial charge in [-0.2, -0.15) is 0 Å². The predicted octanol–water partition coefficient (Wildman–Crippen LogP) is 4.17. The lowest BCUT2D eigenvalue weighted by atomic mass is 9.95. The molecule has 0 spiro atoms. The number of ether oxygens (including phenoxy) is 2. The molecular weight excluding hydrogens is 600 g/mol. The molecule has 0 fully saturated rings. The van der Waals surface area contributed by atoms with E-state index in [0.717, 1.165) is 22.0 Å². The molecule has 2 heterocycles. The van der Waals surface area contributed by atoms with Crippen molar-refractivity contribution in [1.82, 2.24) is 20.5 Å². The molecule has 0 radical (unpaired) electrons. The van der Waals surface area contributed by atoms with Gasteiger partial charge < -0.3 is 35.1 Å². The lowest BCUT2D eigenvalue weighted by molar-refractivity contribution is -0.164. The number of carbonyl (C=O) groups excluding carboxylic acids is 4. The Hall–Kier alpha value is -4.64. The Labute approximate surface area is 275 Å². The van der Waals surface area contributed by atoms with Crippen molar-refractivity contribution in [3.05, 3.63) is 77.5 Å². The van der Waals surface area contributed by atoms with Crippen molar-refractivity contribution in [2.75, 3.05) is 14.2 Å². The van der Waals surface area contributed by atoms with E-state index in [1.165, 1.54) is 31.2 Å². The first-order chi connectivity index (χ1) is 22.3. The Kier molecular flexibility index (Phi) is 11.5. The average Bonchev–Trinajstić information content (AvgIpc) is 3.45. The molecule has 1 aliphatic rings. The topological polar surface area (TPSA) is 150 Å². The van der Waals surface area contributed by atoms with Gasteiger partial charge in [0, 0.05) is 49.5 Å². The smallest absolute Gasteiger partial charge is 0.338 e. The normalized spacial score (nSPS) is 27.3. The fourth-order valence-electron chi connectivity index (χ4n) is 6.01. The van der Waals surface area contributed by atoms with Gasteiger partial charge in [0.25, 0.3) is 0 Å². The number of rotatable bonds is 4. The third-order valence-electron chi connectivity index (χ3n) is 8.94. The molecule has 1 aromatic heterocycles. The van der Waals surface area contributed by atoms with Gasteiger partial charge in [0.1, 0.15) is 23.9 Å². The first-order valence-electron chi connectivity index (χ1n) is 15.9. The molecule has 1 unspecified atom stereocenters. The number of nitrogens with zero attached hydrogens (tertiary/aromatic N) is 1. The lowest BCUT2D eigenvalue weighted by Crippen LogP contribution is -2.56. The highest BCUT2D eigenvalue weighted by molar-refractivity contribution is 5.93. The molecule has 2 aromatic carbocycles. The number of amides is 3. The fourth-order valence-corrected chi connectivity index (χ4v) is 6.01. The van der Waals surface area contributed by atoms with Gasteiger partial charge in [0.2, 0.25) is 17.7 Å². The van der Waals surface area contributed by atoms with Gasteiger partial charge in [-0.1, -0.05) is 55.8 Å². The van der Waals surface area contributed by atoms with Crippen LogP contribution in [0.3, 0.4) is 0 Å². The van der Waals surface area contributed by atoms with Crippen LogP contribution in [0.25, 0.3) is 10.9 Å². The van der Waals surface area contributed by atoms with E-state index in [9.17, 15) is 24.3 Å². The van der Waals surface area contributed by atoms with Gasteiger partial charge in [0.05, 0.1) is 6.04 Å². The summed E-state index contributed by atoms with van der Waals surface area (Å²) >= 11 is 0. The Morgan fingerprint density at radius 2 is 1.64 bits per heavy atom. The highest BCUT2D eigenvalue weighted by atomic mass is 16.6. The van der Waals surface area contributed by atoms with Crippen LogP contribution in [0.15, 0.2) is 66.4 Å². The van der Waals surface area contributed by atoms with Crippen LogP contribution in [-0.2, 0) is 35.1 Å². The van der Waals surface area contributed by atoms with Crippen LogP contribution in [0, 0.1) is 11.8 Å². The van der Waals surface area contributed by atoms with E-state index in [2.05, 4.69) is 15.6 Å². The Balaban J connectivity index is 1.80. The molecular formula is C36H46N4O7. The number of methoxy groups -OCH3 is 1. The number of aromatic hydroxyl groups is 1. The Morgan fingerprint density at radius 3 is 2.32 bits per heavy atom. The van der Waals surface area contributed by atoms with Crippen molar-refractivity contribution in [1.29, 1.82) is 0 Å². The number of cyclic esters (lactones) is 1. The monoisotopic (exact) mass is 646 g/mol. The van der Waals surface area contributed by atoms with E-state index >= 15 is 0 Å². The maximum absolute atomic E-state index is 14.4. The first-order valence-corrected chi connectivity index (χ1v) is 15.9. The number of benzene rings is 2. The maximum Gasteiger partial charge on any atom is 0.338 e. The second-order valence-electron chi connectivity index (χ2n) is 12.6. The van der Waals surface area contributed by atoms with Crippen LogP contribution in [0.4, 0.5) is 0 Å². The maximum atomic E-state index is 14.4. The number of aromatic nitrogens is 1. The Bertz CT molecular complexity index is 1610. The van der Waals surface area contributed by atoms with Crippen LogP contribution >= 0.6 is 0 Å². The van der Waals surface area contributed by atoms with Crippen molar-refractivity contribution in [2.45, 2.75) is 77.8 Å². The van der Waals surface area contributed by atoms with Gasteiger partial charge in [-0.05, 0) is 56.5 Å². The number of hydrogen-bond donors (Lipinski definition) is 4. The number of hydrogen-bond acceptors (Lipinski definition) is 7. The summed E-state index contributed by atoms with van der Waals surface area (Å²) in [5.41, 5.74) is 3.11. The van der Waals surface area contributed by atoms with Gasteiger partial charge >= 0.3 is 5.97 Å². The third-order valence-corrected chi connectivity index (χ3v) is 8.94. The predicted molar refractivity (Wildman–Crippen MR) is 178 cm³/mol. The van der Waals surface area contributed by atoms with Crippen LogP contribution in [0.2, 0.25) is 0 Å². The molecule has 0 saturated carbocycles. The van der Waals surface area contributed by atoms with E-state index in [1.54, 1.807) is 39.1 Å². The molecule has 1 aliphatic heterocycles. The number of nitrogens with one attached hydrogen (secondary N) is 3. The number of phenols is 1. The zero-order valence-corrected chi connectivity index (χ0v) is 28.1. The minimum Gasteiger partial charge on any atom is -0.508 e. The number of H-pyrrole nitrogens is 1. The van der Waals surface area contributed by atoms with Crippen molar-refractivity contribution in [2.24, 2.45) is 11.8 Å². The van der Waals surface area contributed by atoms with E-state index in [-0.39, 0.29) is 24.0 Å². The van der Waals surface area contributed by atoms with Crippen LogP contribution < -0.4 is 10.6 Å². The number of carbonyl (C=O) groups is 4. The zero-order chi connectivity index (χ0) is 34.4. The van der Waals surface area contributed by atoms with E-state index < -0.39 is 54.0 Å². The number of likely N-dealkylation sites (N-methyl/N-ethyl adjacent to an activating group) is 1. The third kappa shape index (κ3) is 8.40. The number of aromatic amines is 1. The summed E-state index contributed by atoms with van der Waals surface area (Å²) in [7, 11) is 2.89. The van der Waals surface area contributed by atoms with Gasteiger partial charge in [-0.25, -0.2) is 4.79 Å². The van der Waals surface area contributed by atoms with Crippen molar-refractivity contribution < 1.29 is 33.8 Å². The summed E-state index contributed by atoms with van der Waals surface area (Å²) in [4.78, 5) is 59.6. The zero-order valence-electron chi connectivity index (χ0n) is 28.1. The minimum atomic E-state index is -1.25. The molecule has 0 aliphatic carbocycles. The number of para-hydroxylation sites is 1. The summed E-state index contributed by atoms with van der Waals surface area (Å²) in [6.45, 7) is 9.00. The quantitative estimate of drug-likeness (QED) is 0.246. The van der Waals surface area contributed by atoms with Gasteiger partial charge in [-0.15, -0.1) is 0 Å². The largest absolute Gasteiger partial charge is 0.508 e. The second kappa shape index (κ2) is 15.3. The summed E-state index contributed by atoms with van der Waals surface area (Å²) < 4.78 is 11.6. The first kappa shape index (κ1) is 35.2. The number of phenolic OH excluding ortho intramolecular Hbond substituents is 1. The lowest BCUT2D eigenvalue weighted by Gasteiger charge is -2.33.